The molecule has 0 aliphatic carbocycles. The molecule has 7 heteroatoms. The number of carbonyl (C=O) groups is 2. The molecule has 0 saturated heterocycles. The molecule has 0 radical (unpaired) electrons. The summed E-state index contributed by atoms with van der Waals surface area (Å²) in [5.74, 6) is 0.192. The first-order chi connectivity index (χ1) is 14.0. The van der Waals surface area contributed by atoms with Crippen molar-refractivity contribution in [3.05, 3.63) is 71.8 Å². The molecule has 2 aromatic carbocycles. The monoisotopic (exact) mass is 411 g/mol. The van der Waals surface area contributed by atoms with Crippen LogP contribution >= 0.6 is 12.2 Å². The lowest BCUT2D eigenvalue weighted by atomic mass is 9.98. The number of thiocarbonyl (C=S) groups is 1. The molecule has 2 amide bonds. The largest absolute Gasteiger partial charge is 0.483 e. The number of amides is 2. The molecule has 0 aliphatic rings. The lowest BCUT2D eigenvalue weighted by Crippen LogP contribution is -2.49. The second-order valence-corrected chi connectivity index (χ2v) is 6.78. The van der Waals surface area contributed by atoms with Crippen molar-refractivity contribution in [3.8, 4) is 5.75 Å². The molecule has 0 fully saturated rings. The van der Waals surface area contributed by atoms with Gasteiger partial charge in [0.1, 0.15) is 5.75 Å². The van der Waals surface area contributed by atoms with E-state index in [-0.39, 0.29) is 11.7 Å². The van der Waals surface area contributed by atoms with Crippen LogP contribution in [-0.4, -0.2) is 23.5 Å². The van der Waals surface area contributed by atoms with Crippen LogP contribution in [0, 0.1) is 0 Å². The molecule has 2 aromatic rings. The van der Waals surface area contributed by atoms with Gasteiger partial charge in [-0.2, -0.15) is 0 Å². The molecular formula is C22H25N3O3S. The molecule has 0 aliphatic heterocycles. The first-order valence-electron chi connectivity index (χ1n) is 9.34. The van der Waals surface area contributed by atoms with E-state index in [9.17, 15) is 9.59 Å². The van der Waals surface area contributed by atoms with Gasteiger partial charge < -0.3 is 4.74 Å². The molecule has 2 rings (SSSR count). The molecule has 0 bridgehead atoms. The second kappa shape index (κ2) is 11.6. The Morgan fingerprint density at radius 3 is 2.48 bits per heavy atom. The SMILES string of the molecule is CCC(C)c1ccccc1OCC(=O)NNC(=S)NC(=O)/C=C/c1ccccc1. The molecule has 0 heterocycles. The van der Waals surface area contributed by atoms with Gasteiger partial charge in [-0.25, -0.2) is 0 Å². The average Bonchev–Trinajstić information content (AvgIpc) is 2.75. The van der Waals surface area contributed by atoms with Crippen LogP contribution in [0.25, 0.3) is 6.08 Å². The third-order valence-corrected chi connectivity index (χ3v) is 4.40. The first-order valence-corrected chi connectivity index (χ1v) is 9.75. The predicted molar refractivity (Wildman–Crippen MR) is 118 cm³/mol. The van der Waals surface area contributed by atoms with Crippen molar-refractivity contribution in [1.29, 1.82) is 0 Å². The summed E-state index contributed by atoms with van der Waals surface area (Å²) in [6.07, 6.45) is 4.00. The normalized spacial score (nSPS) is 11.5. The van der Waals surface area contributed by atoms with Gasteiger partial charge in [-0.1, -0.05) is 62.4 Å². The number of ether oxygens (including phenoxy) is 1. The Labute approximate surface area is 176 Å². The first kappa shape index (κ1) is 22.1. The summed E-state index contributed by atoms with van der Waals surface area (Å²) in [6, 6.07) is 17.0. The van der Waals surface area contributed by atoms with Gasteiger partial charge in [0.2, 0.25) is 5.91 Å². The van der Waals surface area contributed by atoms with E-state index in [2.05, 4.69) is 30.0 Å². The number of benzene rings is 2. The number of hydrogen-bond acceptors (Lipinski definition) is 4. The van der Waals surface area contributed by atoms with Crippen molar-refractivity contribution in [1.82, 2.24) is 16.2 Å². The van der Waals surface area contributed by atoms with E-state index in [0.717, 1.165) is 17.5 Å². The molecule has 1 atom stereocenters. The summed E-state index contributed by atoms with van der Waals surface area (Å²) in [4.78, 5) is 23.8. The highest BCUT2D eigenvalue weighted by Gasteiger charge is 2.11. The standard InChI is InChI=1S/C22H25N3O3S/c1-3-16(2)18-11-7-8-12-19(18)28-15-21(27)24-25-22(29)23-20(26)14-13-17-9-5-4-6-10-17/h4-14,16H,3,15H2,1-2H3,(H,24,27)(H2,23,25,26,29)/b14-13+. The molecule has 0 aromatic heterocycles. The summed E-state index contributed by atoms with van der Waals surface area (Å²) < 4.78 is 5.63. The average molecular weight is 412 g/mol. The fourth-order valence-corrected chi connectivity index (χ4v) is 2.62. The second-order valence-electron chi connectivity index (χ2n) is 6.37. The summed E-state index contributed by atoms with van der Waals surface area (Å²) in [5, 5.41) is 2.44. The van der Waals surface area contributed by atoms with E-state index < -0.39 is 11.8 Å². The van der Waals surface area contributed by atoms with Gasteiger partial charge in [-0.15, -0.1) is 0 Å². The maximum absolute atomic E-state index is 12.0. The summed E-state index contributed by atoms with van der Waals surface area (Å²) in [5.41, 5.74) is 6.84. The fraction of sp³-hybridized carbons (Fsp3) is 0.227. The molecule has 29 heavy (non-hydrogen) atoms. The quantitative estimate of drug-likeness (QED) is 0.370. The Balaban J connectivity index is 1.74. The van der Waals surface area contributed by atoms with Gasteiger partial charge in [-0.3, -0.25) is 25.8 Å². The van der Waals surface area contributed by atoms with Crippen molar-refractivity contribution < 1.29 is 14.3 Å². The minimum absolute atomic E-state index is 0.0129. The van der Waals surface area contributed by atoms with Crippen molar-refractivity contribution in [2.24, 2.45) is 0 Å². The zero-order chi connectivity index (χ0) is 21.1. The maximum atomic E-state index is 12.0. The Bertz CT molecular complexity index is 869. The Kier molecular flexibility index (Phi) is 8.85. The van der Waals surface area contributed by atoms with Crippen LogP contribution < -0.4 is 20.9 Å². The van der Waals surface area contributed by atoms with E-state index >= 15 is 0 Å². The van der Waals surface area contributed by atoms with E-state index in [4.69, 9.17) is 17.0 Å². The lowest BCUT2D eigenvalue weighted by molar-refractivity contribution is -0.123. The highest BCUT2D eigenvalue weighted by molar-refractivity contribution is 7.80. The van der Waals surface area contributed by atoms with Crippen LogP contribution in [0.1, 0.15) is 37.3 Å². The van der Waals surface area contributed by atoms with Gasteiger partial charge in [0.05, 0.1) is 0 Å². The zero-order valence-electron chi connectivity index (χ0n) is 16.5. The maximum Gasteiger partial charge on any atom is 0.276 e. The van der Waals surface area contributed by atoms with Crippen LogP contribution in [0.3, 0.4) is 0 Å². The third-order valence-electron chi connectivity index (χ3n) is 4.20. The zero-order valence-corrected chi connectivity index (χ0v) is 17.3. The molecule has 6 nitrogen and oxygen atoms in total. The van der Waals surface area contributed by atoms with Crippen LogP contribution in [0.4, 0.5) is 0 Å². The predicted octanol–water partition coefficient (Wildman–Crippen LogP) is 3.31. The number of carbonyl (C=O) groups excluding carboxylic acids is 2. The fourth-order valence-electron chi connectivity index (χ4n) is 2.47. The number of rotatable bonds is 7. The van der Waals surface area contributed by atoms with E-state index in [0.29, 0.717) is 11.7 Å². The van der Waals surface area contributed by atoms with Gasteiger partial charge in [-0.05, 0) is 47.8 Å². The van der Waals surface area contributed by atoms with Gasteiger partial charge in [0, 0.05) is 6.08 Å². The number of hydrogen-bond donors (Lipinski definition) is 3. The van der Waals surface area contributed by atoms with Crippen LogP contribution in [0.2, 0.25) is 0 Å². The van der Waals surface area contributed by atoms with Gasteiger partial charge >= 0.3 is 0 Å². The molecule has 0 saturated carbocycles. The molecule has 152 valence electrons. The topological polar surface area (TPSA) is 79.5 Å². The van der Waals surface area contributed by atoms with E-state index in [1.54, 1.807) is 6.08 Å². The van der Waals surface area contributed by atoms with E-state index in [1.807, 2.05) is 54.6 Å². The highest BCUT2D eigenvalue weighted by atomic mass is 32.1. The molecule has 1 unspecified atom stereocenters. The molecular weight excluding hydrogens is 386 g/mol. The van der Waals surface area contributed by atoms with Crippen LogP contribution in [-0.2, 0) is 9.59 Å². The number of hydrazine groups is 1. The van der Waals surface area contributed by atoms with Gasteiger partial charge in [0.25, 0.3) is 5.91 Å². The van der Waals surface area contributed by atoms with Crippen LogP contribution in [0.5, 0.6) is 5.75 Å². The van der Waals surface area contributed by atoms with Crippen molar-refractivity contribution >= 4 is 35.2 Å². The number of nitrogens with one attached hydrogen (secondary N) is 3. The van der Waals surface area contributed by atoms with Crippen molar-refractivity contribution in [2.45, 2.75) is 26.2 Å². The lowest BCUT2D eigenvalue weighted by Gasteiger charge is -2.16. The number of para-hydroxylation sites is 1. The van der Waals surface area contributed by atoms with Crippen molar-refractivity contribution in [2.75, 3.05) is 6.61 Å². The van der Waals surface area contributed by atoms with Gasteiger partial charge in [0.15, 0.2) is 11.7 Å². The van der Waals surface area contributed by atoms with E-state index in [1.165, 1.54) is 6.08 Å². The molecule has 3 N–H and O–H groups in total. The van der Waals surface area contributed by atoms with Crippen molar-refractivity contribution in [3.63, 3.8) is 0 Å². The Morgan fingerprint density at radius 2 is 1.76 bits per heavy atom. The highest BCUT2D eigenvalue weighted by Crippen LogP contribution is 2.28. The smallest absolute Gasteiger partial charge is 0.276 e. The summed E-state index contributed by atoms with van der Waals surface area (Å²) >= 11 is 5.00. The van der Waals surface area contributed by atoms with Crippen LogP contribution in [0.15, 0.2) is 60.7 Å². The Hall–Kier alpha value is -3.19. The summed E-state index contributed by atoms with van der Waals surface area (Å²) in [7, 11) is 0. The Morgan fingerprint density at radius 1 is 1.07 bits per heavy atom. The molecule has 0 spiro atoms. The minimum Gasteiger partial charge on any atom is -0.483 e. The minimum atomic E-state index is -0.416. The third kappa shape index (κ3) is 7.75. The summed E-state index contributed by atoms with van der Waals surface area (Å²) in [6.45, 7) is 4.03.